The maximum absolute atomic E-state index is 6.14. The SMILES string of the molecule is CCCN1c2cc(OC)c(C=Nc3cc(Cl)ccc3C)cc2C(C)CC1(C)C. The van der Waals surface area contributed by atoms with Crippen molar-refractivity contribution in [1.82, 2.24) is 0 Å². The van der Waals surface area contributed by atoms with Gasteiger partial charge in [-0.2, -0.15) is 0 Å². The van der Waals surface area contributed by atoms with Crippen LogP contribution in [0.2, 0.25) is 5.02 Å². The highest BCUT2D eigenvalue weighted by Crippen LogP contribution is 2.45. The zero-order valence-electron chi connectivity index (χ0n) is 17.8. The lowest BCUT2D eigenvalue weighted by molar-refractivity contribution is 0.372. The molecule has 0 amide bonds. The van der Waals surface area contributed by atoms with Gasteiger partial charge in [0.05, 0.1) is 12.8 Å². The van der Waals surface area contributed by atoms with Crippen LogP contribution in [-0.2, 0) is 0 Å². The third-order valence-electron chi connectivity index (χ3n) is 5.70. The molecule has 28 heavy (non-hydrogen) atoms. The summed E-state index contributed by atoms with van der Waals surface area (Å²) in [4.78, 5) is 7.23. The van der Waals surface area contributed by atoms with Crippen LogP contribution < -0.4 is 9.64 Å². The minimum atomic E-state index is 0.140. The van der Waals surface area contributed by atoms with E-state index in [0.717, 1.165) is 42.0 Å². The summed E-state index contributed by atoms with van der Waals surface area (Å²) in [5.41, 5.74) is 5.79. The minimum Gasteiger partial charge on any atom is -0.496 e. The first-order valence-corrected chi connectivity index (χ1v) is 10.4. The molecule has 2 aromatic rings. The fourth-order valence-corrected chi connectivity index (χ4v) is 4.48. The molecule has 2 aromatic carbocycles. The summed E-state index contributed by atoms with van der Waals surface area (Å²) in [5, 5.41) is 0.696. The van der Waals surface area contributed by atoms with Crippen LogP contribution in [0.3, 0.4) is 0 Å². The van der Waals surface area contributed by atoms with E-state index in [1.54, 1.807) is 7.11 Å². The molecule has 3 rings (SSSR count). The highest BCUT2D eigenvalue weighted by molar-refractivity contribution is 6.30. The average molecular weight is 399 g/mol. The number of hydrogen-bond donors (Lipinski definition) is 0. The lowest BCUT2D eigenvalue weighted by Gasteiger charge is -2.47. The standard InChI is InChI=1S/C24H31ClN2O/c1-7-10-27-22-13-23(28-6)18(11-20(22)17(3)14-24(27,4)5)15-26-21-12-19(25)9-8-16(21)2/h8-9,11-13,15,17H,7,10,14H2,1-6H3. The Bertz CT molecular complexity index is 888. The maximum atomic E-state index is 6.14. The first-order valence-electron chi connectivity index (χ1n) is 10.1. The van der Waals surface area contributed by atoms with E-state index in [9.17, 15) is 0 Å². The van der Waals surface area contributed by atoms with Crippen LogP contribution in [0.25, 0.3) is 0 Å². The van der Waals surface area contributed by atoms with Crippen molar-refractivity contribution >= 4 is 29.2 Å². The number of fused-ring (bicyclic) bond motifs is 1. The van der Waals surface area contributed by atoms with Crippen LogP contribution in [-0.4, -0.2) is 25.4 Å². The normalized spacial score (nSPS) is 18.4. The molecule has 1 aliphatic rings. The van der Waals surface area contributed by atoms with Gasteiger partial charge in [-0.25, -0.2) is 0 Å². The Morgan fingerprint density at radius 2 is 2.04 bits per heavy atom. The quantitative estimate of drug-likeness (QED) is 0.511. The Morgan fingerprint density at radius 3 is 2.71 bits per heavy atom. The van der Waals surface area contributed by atoms with Gasteiger partial charge in [0.15, 0.2) is 0 Å². The molecule has 4 heteroatoms. The van der Waals surface area contributed by atoms with E-state index in [-0.39, 0.29) is 5.54 Å². The number of aliphatic imine (C=N–C) groups is 1. The van der Waals surface area contributed by atoms with Gasteiger partial charge in [-0.15, -0.1) is 0 Å². The molecule has 0 aromatic heterocycles. The molecule has 0 saturated heterocycles. The molecule has 150 valence electrons. The van der Waals surface area contributed by atoms with Gasteiger partial charge in [0.2, 0.25) is 0 Å². The van der Waals surface area contributed by atoms with Crippen molar-refractivity contribution in [3.8, 4) is 5.75 Å². The van der Waals surface area contributed by atoms with Crippen molar-refractivity contribution in [3.05, 3.63) is 52.0 Å². The zero-order chi connectivity index (χ0) is 20.5. The number of nitrogens with zero attached hydrogens (tertiary/aromatic N) is 2. The van der Waals surface area contributed by atoms with Crippen LogP contribution in [0, 0.1) is 6.92 Å². The monoisotopic (exact) mass is 398 g/mol. The Balaban J connectivity index is 2.06. The number of ether oxygens (including phenoxy) is 1. The Labute approximate surface area is 174 Å². The number of rotatable bonds is 5. The second kappa shape index (κ2) is 8.16. The van der Waals surface area contributed by atoms with Gasteiger partial charge in [0.1, 0.15) is 5.75 Å². The van der Waals surface area contributed by atoms with Crippen molar-refractivity contribution < 1.29 is 4.74 Å². The molecule has 0 aliphatic carbocycles. The molecule has 0 fully saturated rings. The summed E-state index contributed by atoms with van der Waals surface area (Å²) in [5.74, 6) is 1.34. The number of hydrogen-bond acceptors (Lipinski definition) is 3. The van der Waals surface area contributed by atoms with E-state index in [0.29, 0.717) is 10.9 Å². The number of halogens is 1. The second-order valence-electron chi connectivity index (χ2n) is 8.41. The van der Waals surface area contributed by atoms with Crippen molar-refractivity contribution in [3.63, 3.8) is 0 Å². The topological polar surface area (TPSA) is 24.8 Å². The summed E-state index contributed by atoms with van der Waals surface area (Å²) in [6.45, 7) is 12.3. The van der Waals surface area contributed by atoms with Gasteiger partial charge in [-0.1, -0.05) is 31.5 Å². The third kappa shape index (κ3) is 4.05. The zero-order valence-corrected chi connectivity index (χ0v) is 18.6. The molecule has 0 spiro atoms. The second-order valence-corrected chi connectivity index (χ2v) is 8.85. The van der Waals surface area contributed by atoms with Crippen molar-refractivity contribution in [2.75, 3.05) is 18.6 Å². The van der Waals surface area contributed by atoms with E-state index >= 15 is 0 Å². The van der Waals surface area contributed by atoms with Crippen molar-refractivity contribution in [2.24, 2.45) is 4.99 Å². The average Bonchev–Trinajstić information content (AvgIpc) is 2.65. The molecular weight excluding hydrogens is 368 g/mol. The Kier molecular flexibility index (Phi) is 6.04. The molecule has 0 radical (unpaired) electrons. The molecule has 1 atom stereocenters. The molecule has 0 N–H and O–H groups in total. The highest BCUT2D eigenvalue weighted by Gasteiger charge is 2.36. The lowest BCUT2D eigenvalue weighted by atomic mass is 9.79. The maximum Gasteiger partial charge on any atom is 0.129 e. The number of benzene rings is 2. The van der Waals surface area contributed by atoms with E-state index in [1.807, 2.05) is 31.3 Å². The molecule has 3 nitrogen and oxygen atoms in total. The van der Waals surface area contributed by atoms with Crippen LogP contribution >= 0.6 is 11.6 Å². The third-order valence-corrected chi connectivity index (χ3v) is 5.93. The van der Waals surface area contributed by atoms with E-state index < -0.39 is 0 Å². The van der Waals surface area contributed by atoms with Gasteiger partial charge >= 0.3 is 0 Å². The molecular formula is C24H31ClN2O. The molecule has 0 bridgehead atoms. The summed E-state index contributed by atoms with van der Waals surface area (Å²) in [6.07, 6.45) is 4.15. The largest absolute Gasteiger partial charge is 0.496 e. The van der Waals surface area contributed by atoms with Crippen LogP contribution in [0.5, 0.6) is 5.75 Å². The predicted molar refractivity (Wildman–Crippen MR) is 121 cm³/mol. The molecule has 1 unspecified atom stereocenters. The summed E-state index contributed by atoms with van der Waals surface area (Å²) in [6, 6.07) is 10.2. The van der Waals surface area contributed by atoms with Gasteiger partial charge in [-0.05, 0) is 68.9 Å². The lowest BCUT2D eigenvalue weighted by Crippen LogP contribution is -2.48. The summed E-state index contributed by atoms with van der Waals surface area (Å²) < 4.78 is 5.74. The van der Waals surface area contributed by atoms with Gasteiger partial charge < -0.3 is 9.64 Å². The first kappa shape index (κ1) is 20.7. The number of anilines is 1. The summed E-state index contributed by atoms with van der Waals surface area (Å²) in [7, 11) is 1.73. The number of methoxy groups -OCH3 is 1. The Morgan fingerprint density at radius 1 is 1.29 bits per heavy atom. The van der Waals surface area contributed by atoms with Crippen LogP contribution in [0.4, 0.5) is 11.4 Å². The van der Waals surface area contributed by atoms with Crippen molar-refractivity contribution in [2.45, 2.75) is 58.9 Å². The Hall–Kier alpha value is -2.00. The molecule has 1 aliphatic heterocycles. The summed E-state index contributed by atoms with van der Waals surface area (Å²) >= 11 is 6.14. The van der Waals surface area contributed by atoms with E-state index in [4.69, 9.17) is 21.3 Å². The fourth-order valence-electron chi connectivity index (χ4n) is 4.31. The van der Waals surface area contributed by atoms with E-state index in [2.05, 4.69) is 44.7 Å². The number of aryl methyl sites for hydroxylation is 1. The first-order chi connectivity index (χ1) is 13.3. The van der Waals surface area contributed by atoms with Gasteiger partial charge in [0, 0.05) is 40.6 Å². The molecule has 0 saturated carbocycles. The van der Waals surface area contributed by atoms with Crippen LogP contribution in [0.15, 0.2) is 35.3 Å². The minimum absolute atomic E-state index is 0.140. The van der Waals surface area contributed by atoms with Gasteiger partial charge in [-0.3, -0.25) is 4.99 Å². The highest BCUT2D eigenvalue weighted by atomic mass is 35.5. The van der Waals surface area contributed by atoms with E-state index in [1.165, 1.54) is 11.3 Å². The van der Waals surface area contributed by atoms with Gasteiger partial charge in [0.25, 0.3) is 0 Å². The smallest absolute Gasteiger partial charge is 0.129 e. The predicted octanol–water partition coefficient (Wildman–Crippen LogP) is 6.91. The fraction of sp³-hybridized carbons (Fsp3) is 0.458. The molecule has 1 heterocycles. The van der Waals surface area contributed by atoms with Crippen molar-refractivity contribution in [1.29, 1.82) is 0 Å². The van der Waals surface area contributed by atoms with Crippen LogP contribution in [0.1, 0.15) is 63.1 Å².